The van der Waals surface area contributed by atoms with Crippen molar-refractivity contribution in [1.82, 2.24) is 19.1 Å². The fourth-order valence-electron chi connectivity index (χ4n) is 7.65. The number of para-hydroxylation sites is 3. The van der Waals surface area contributed by atoms with Crippen molar-refractivity contribution in [2.45, 2.75) is 6.54 Å². The standard InChI is InChI=1S/C43H27N7O/c1-3-9-28(10-4-1)49-36-14-8-7-13-30(36)31-17-15-26(23-37(31)49)34-19-21-39-41(45-34)42-40(51-39)22-20-35(46-42)27-16-18-32-33-25-44-48-47-43(33)50(38(32)24-27)29-11-5-2-6-12-29/h1-24H,25H2,(H,44,47). The number of hydrogen-bond donors (Lipinski definition) is 1. The number of fused-ring (bicyclic) bond motifs is 9. The summed E-state index contributed by atoms with van der Waals surface area (Å²) in [5, 5.41) is 11.9. The molecule has 0 aliphatic carbocycles. The Morgan fingerprint density at radius 2 is 1.08 bits per heavy atom. The molecule has 0 bridgehead atoms. The maximum atomic E-state index is 6.26. The maximum Gasteiger partial charge on any atom is 0.155 e. The number of benzene rings is 5. The van der Waals surface area contributed by atoms with Gasteiger partial charge in [-0.05, 0) is 66.7 Å². The van der Waals surface area contributed by atoms with Crippen LogP contribution >= 0.6 is 0 Å². The van der Waals surface area contributed by atoms with Gasteiger partial charge in [0.05, 0.1) is 34.5 Å². The summed E-state index contributed by atoms with van der Waals surface area (Å²) in [6.45, 7) is 0.526. The van der Waals surface area contributed by atoms with E-state index in [1.807, 2.05) is 42.5 Å². The van der Waals surface area contributed by atoms with Crippen LogP contribution in [0.3, 0.4) is 0 Å². The monoisotopic (exact) mass is 657 g/mol. The fourth-order valence-corrected chi connectivity index (χ4v) is 7.65. The van der Waals surface area contributed by atoms with Crippen LogP contribution in [0.2, 0.25) is 0 Å². The Morgan fingerprint density at radius 3 is 1.76 bits per heavy atom. The Labute approximate surface area is 290 Å². The van der Waals surface area contributed by atoms with Gasteiger partial charge in [0.25, 0.3) is 0 Å². The molecule has 1 N–H and O–H groups in total. The number of anilines is 1. The zero-order valence-electron chi connectivity index (χ0n) is 27.2. The lowest BCUT2D eigenvalue weighted by atomic mass is 10.1. The third-order valence-corrected chi connectivity index (χ3v) is 9.98. The Kier molecular flexibility index (Phi) is 5.85. The van der Waals surface area contributed by atoms with E-state index >= 15 is 0 Å². The number of nitrogens with zero attached hydrogens (tertiary/aromatic N) is 6. The van der Waals surface area contributed by atoms with Crippen LogP contribution in [0.25, 0.3) is 88.8 Å². The van der Waals surface area contributed by atoms with Crippen molar-refractivity contribution in [3.8, 4) is 33.9 Å². The Bertz CT molecular complexity index is 3030. The molecule has 0 amide bonds. The zero-order valence-corrected chi connectivity index (χ0v) is 27.2. The third-order valence-electron chi connectivity index (χ3n) is 9.98. The van der Waals surface area contributed by atoms with Crippen molar-refractivity contribution >= 4 is 60.7 Å². The number of pyridine rings is 2. The zero-order chi connectivity index (χ0) is 33.5. The Hall–Kier alpha value is -7.06. The van der Waals surface area contributed by atoms with Gasteiger partial charge >= 0.3 is 0 Å². The summed E-state index contributed by atoms with van der Waals surface area (Å²) >= 11 is 0. The van der Waals surface area contributed by atoms with Gasteiger partial charge in [-0.1, -0.05) is 84.1 Å². The van der Waals surface area contributed by atoms with Gasteiger partial charge in [-0.15, -0.1) is 0 Å². The van der Waals surface area contributed by atoms with Crippen LogP contribution in [0, 0.1) is 0 Å². The highest BCUT2D eigenvalue weighted by atomic mass is 16.3. The van der Waals surface area contributed by atoms with Gasteiger partial charge in [-0.25, -0.2) is 15.4 Å². The smallest absolute Gasteiger partial charge is 0.155 e. The van der Waals surface area contributed by atoms with E-state index in [-0.39, 0.29) is 0 Å². The van der Waals surface area contributed by atoms with E-state index in [2.05, 4.69) is 128 Å². The van der Waals surface area contributed by atoms with Crippen LogP contribution in [0.1, 0.15) is 5.56 Å². The van der Waals surface area contributed by atoms with Crippen LogP contribution in [0.5, 0.6) is 0 Å². The van der Waals surface area contributed by atoms with E-state index in [0.29, 0.717) is 17.7 Å². The second kappa shape index (κ2) is 10.7. The molecular weight excluding hydrogens is 631 g/mol. The lowest BCUT2D eigenvalue weighted by molar-refractivity contribution is 0.667. The largest absolute Gasteiger partial charge is 0.453 e. The number of nitrogens with one attached hydrogen (secondary N) is 1. The molecule has 0 saturated heterocycles. The van der Waals surface area contributed by atoms with E-state index in [9.17, 15) is 0 Å². The second-order valence-corrected chi connectivity index (χ2v) is 12.8. The predicted octanol–water partition coefficient (Wildman–Crippen LogP) is 11.0. The molecule has 0 atom stereocenters. The molecule has 1 aliphatic rings. The van der Waals surface area contributed by atoms with Gasteiger partial charge < -0.3 is 8.98 Å². The number of hydrogen-bond acceptors (Lipinski definition) is 6. The molecule has 11 rings (SSSR count). The molecule has 5 aromatic heterocycles. The minimum atomic E-state index is 0.526. The molecule has 0 unspecified atom stereocenters. The summed E-state index contributed by atoms with van der Waals surface area (Å²) in [4.78, 5) is 10.4. The number of rotatable bonds is 4. The molecule has 0 fully saturated rings. The summed E-state index contributed by atoms with van der Waals surface area (Å²) in [5.74, 6) is 0.937. The van der Waals surface area contributed by atoms with Crippen LogP contribution in [0.4, 0.5) is 5.82 Å². The minimum Gasteiger partial charge on any atom is -0.453 e. The average molecular weight is 658 g/mol. The van der Waals surface area contributed by atoms with Gasteiger partial charge in [0.15, 0.2) is 11.2 Å². The van der Waals surface area contributed by atoms with E-state index in [4.69, 9.17) is 14.4 Å². The SMILES string of the molecule is c1ccc(-n2c3c(c4ccc(-c5ccc6oc7ccc(-c8ccc9c%10ccccc%10n(-c%10ccccc%10)c9c8)nc7c6n5)cc42)CN=NN3)cc1. The van der Waals surface area contributed by atoms with Gasteiger partial charge in [0.2, 0.25) is 0 Å². The third kappa shape index (κ3) is 4.20. The van der Waals surface area contributed by atoms with E-state index in [1.165, 1.54) is 16.3 Å². The molecule has 10 aromatic rings. The molecule has 51 heavy (non-hydrogen) atoms. The highest BCUT2D eigenvalue weighted by Gasteiger charge is 2.22. The molecule has 0 radical (unpaired) electrons. The lowest BCUT2D eigenvalue weighted by Crippen LogP contribution is -2.04. The van der Waals surface area contributed by atoms with E-state index in [1.54, 1.807) is 0 Å². The minimum absolute atomic E-state index is 0.526. The van der Waals surface area contributed by atoms with Crippen LogP contribution in [-0.2, 0) is 6.54 Å². The number of aromatic nitrogens is 4. The van der Waals surface area contributed by atoms with Gasteiger partial charge in [0, 0.05) is 44.2 Å². The summed E-state index contributed by atoms with van der Waals surface area (Å²) in [5.41, 5.74) is 16.4. The average Bonchev–Trinajstić information content (AvgIpc) is 3.85. The molecule has 240 valence electrons. The molecule has 0 saturated carbocycles. The highest BCUT2D eigenvalue weighted by molar-refractivity contribution is 6.10. The summed E-state index contributed by atoms with van der Waals surface area (Å²) in [6.07, 6.45) is 0. The van der Waals surface area contributed by atoms with Gasteiger partial charge in [-0.3, -0.25) is 4.57 Å². The topological polar surface area (TPSA) is 85.5 Å². The first kappa shape index (κ1) is 27.8. The van der Waals surface area contributed by atoms with Crippen molar-refractivity contribution in [3.05, 3.63) is 151 Å². The van der Waals surface area contributed by atoms with Gasteiger partial charge in [0.1, 0.15) is 16.9 Å². The molecule has 8 heteroatoms. The number of furan rings is 1. The van der Waals surface area contributed by atoms with Crippen molar-refractivity contribution in [1.29, 1.82) is 0 Å². The summed E-state index contributed by atoms with van der Waals surface area (Å²) < 4.78 is 10.8. The van der Waals surface area contributed by atoms with Crippen LogP contribution in [-0.4, -0.2) is 19.1 Å². The first-order valence-corrected chi connectivity index (χ1v) is 16.9. The molecule has 8 nitrogen and oxygen atoms in total. The van der Waals surface area contributed by atoms with E-state index < -0.39 is 0 Å². The van der Waals surface area contributed by atoms with Crippen molar-refractivity contribution < 1.29 is 4.42 Å². The molecule has 6 heterocycles. The van der Waals surface area contributed by atoms with Crippen molar-refractivity contribution in [2.24, 2.45) is 10.3 Å². The summed E-state index contributed by atoms with van der Waals surface area (Å²) in [6, 6.07) is 50.5. The quantitative estimate of drug-likeness (QED) is 0.204. The van der Waals surface area contributed by atoms with E-state index in [0.717, 1.165) is 72.7 Å². The highest BCUT2D eigenvalue weighted by Crippen LogP contribution is 2.39. The Balaban J connectivity index is 1.05. The van der Waals surface area contributed by atoms with Crippen molar-refractivity contribution in [2.75, 3.05) is 5.43 Å². The van der Waals surface area contributed by atoms with Crippen LogP contribution in [0.15, 0.2) is 160 Å². The predicted molar refractivity (Wildman–Crippen MR) is 204 cm³/mol. The Morgan fingerprint density at radius 1 is 0.510 bits per heavy atom. The second-order valence-electron chi connectivity index (χ2n) is 12.8. The fraction of sp³-hybridized carbons (Fsp3) is 0.0233. The van der Waals surface area contributed by atoms with Crippen LogP contribution < -0.4 is 5.43 Å². The molecular formula is C43H27N7O. The first-order chi connectivity index (χ1) is 25.3. The van der Waals surface area contributed by atoms with Gasteiger partial charge in [-0.2, -0.15) is 5.11 Å². The molecule has 5 aromatic carbocycles. The maximum absolute atomic E-state index is 6.26. The first-order valence-electron chi connectivity index (χ1n) is 16.9. The lowest BCUT2D eigenvalue weighted by Gasteiger charge is -2.12. The molecule has 0 spiro atoms. The summed E-state index contributed by atoms with van der Waals surface area (Å²) in [7, 11) is 0. The normalized spacial score (nSPS) is 12.7. The molecule has 1 aliphatic heterocycles. The van der Waals surface area contributed by atoms with Crippen molar-refractivity contribution in [3.63, 3.8) is 0 Å².